The highest BCUT2D eigenvalue weighted by molar-refractivity contribution is 7.98. The minimum Gasteiger partial charge on any atom is -0.480 e. The van der Waals surface area contributed by atoms with Crippen LogP contribution in [0.25, 0.3) is 0 Å². The van der Waals surface area contributed by atoms with Gasteiger partial charge in [0.05, 0.1) is 0 Å². The average Bonchev–Trinajstić information content (AvgIpc) is 2.33. The molecule has 0 aliphatic heterocycles. The van der Waals surface area contributed by atoms with Gasteiger partial charge in [-0.1, -0.05) is 17.7 Å². The standard InChI is InChI=1S/C12H14ClNO3S/c1-18-6-5-10(12(16)17)14-11(15)8-3-2-4-9(13)7-8/h2-4,7,10H,5-6H2,1H3,(H,14,15)(H,16,17). The minimum absolute atomic E-state index is 0.359. The van der Waals surface area contributed by atoms with Crippen LogP contribution in [0.15, 0.2) is 24.3 Å². The summed E-state index contributed by atoms with van der Waals surface area (Å²) in [5.74, 6) is -0.780. The number of amides is 1. The lowest BCUT2D eigenvalue weighted by Crippen LogP contribution is -2.41. The van der Waals surface area contributed by atoms with Crippen molar-refractivity contribution < 1.29 is 14.7 Å². The fourth-order valence-corrected chi connectivity index (χ4v) is 2.03. The first-order valence-electron chi connectivity index (χ1n) is 5.32. The van der Waals surface area contributed by atoms with Crippen LogP contribution in [0.5, 0.6) is 0 Å². The first-order valence-corrected chi connectivity index (χ1v) is 7.10. The summed E-state index contributed by atoms with van der Waals surface area (Å²) in [5.41, 5.74) is 0.359. The maximum Gasteiger partial charge on any atom is 0.326 e. The lowest BCUT2D eigenvalue weighted by atomic mass is 10.1. The highest BCUT2D eigenvalue weighted by atomic mass is 35.5. The number of benzene rings is 1. The molecule has 4 nitrogen and oxygen atoms in total. The predicted molar refractivity (Wildman–Crippen MR) is 73.3 cm³/mol. The molecule has 0 aliphatic rings. The van der Waals surface area contributed by atoms with Gasteiger partial charge in [0.15, 0.2) is 0 Å². The Bertz CT molecular complexity index is 439. The van der Waals surface area contributed by atoms with E-state index in [4.69, 9.17) is 16.7 Å². The molecular weight excluding hydrogens is 274 g/mol. The molecule has 1 rings (SSSR count). The number of thioether (sulfide) groups is 1. The summed E-state index contributed by atoms with van der Waals surface area (Å²) in [6.07, 6.45) is 2.28. The number of carbonyl (C=O) groups is 2. The molecule has 0 radical (unpaired) electrons. The second-order valence-corrected chi connectivity index (χ2v) is 5.08. The lowest BCUT2D eigenvalue weighted by molar-refractivity contribution is -0.139. The van der Waals surface area contributed by atoms with E-state index < -0.39 is 17.9 Å². The summed E-state index contributed by atoms with van der Waals surface area (Å²) < 4.78 is 0. The monoisotopic (exact) mass is 287 g/mol. The van der Waals surface area contributed by atoms with Crippen LogP contribution in [0.1, 0.15) is 16.8 Å². The first kappa shape index (κ1) is 14.9. The maximum atomic E-state index is 11.8. The Labute approximate surface area is 115 Å². The lowest BCUT2D eigenvalue weighted by Gasteiger charge is -2.13. The predicted octanol–water partition coefficient (Wildman–Crippen LogP) is 2.28. The third-order valence-electron chi connectivity index (χ3n) is 2.30. The number of carbonyl (C=O) groups excluding carboxylic acids is 1. The second kappa shape index (κ2) is 7.28. The summed E-state index contributed by atoms with van der Waals surface area (Å²) in [7, 11) is 0. The Morgan fingerprint density at radius 2 is 2.22 bits per heavy atom. The summed E-state index contributed by atoms with van der Waals surface area (Å²) in [5, 5.41) is 11.9. The van der Waals surface area contributed by atoms with E-state index in [0.29, 0.717) is 22.8 Å². The van der Waals surface area contributed by atoms with Crippen LogP contribution in [0.2, 0.25) is 5.02 Å². The maximum absolute atomic E-state index is 11.8. The van der Waals surface area contributed by atoms with Crippen molar-refractivity contribution in [3.8, 4) is 0 Å². The van der Waals surface area contributed by atoms with Crippen molar-refractivity contribution in [1.82, 2.24) is 5.32 Å². The molecule has 0 fully saturated rings. The molecule has 18 heavy (non-hydrogen) atoms. The molecule has 0 aromatic heterocycles. The van der Waals surface area contributed by atoms with Gasteiger partial charge in [0.1, 0.15) is 6.04 Å². The van der Waals surface area contributed by atoms with E-state index in [2.05, 4.69) is 5.32 Å². The number of hydrogen-bond acceptors (Lipinski definition) is 3. The van der Waals surface area contributed by atoms with E-state index in [1.807, 2.05) is 6.26 Å². The first-order chi connectivity index (χ1) is 8.54. The summed E-state index contributed by atoms with van der Waals surface area (Å²) >= 11 is 7.31. The van der Waals surface area contributed by atoms with E-state index in [0.717, 1.165) is 0 Å². The molecule has 0 bridgehead atoms. The summed E-state index contributed by atoms with van der Waals surface area (Å²) in [4.78, 5) is 22.8. The van der Waals surface area contributed by atoms with Crippen molar-refractivity contribution >= 4 is 35.2 Å². The normalized spacial score (nSPS) is 11.9. The molecule has 0 spiro atoms. The van der Waals surface area contributed by atoms with Gasteiger partial charge in [-0.25, -0.2) is 4.79 Å². The minimum atomic E-state index is -1.03. The Morgan fingerprint density at radius 1 is 1.50 bits per heavy atom. The van der Waals surface area contributed by atoms with Crippen LogP contribution in [0.3, 0.4) is 0 Å². The largest absolute Gasteiger partial charge is 0.480 e. The Kier molecular flexibility index (Phi) is 6.01. The van der Waals surface area contributed by atoms with E-state index in [-0.39, 0.29) is 0 Å². The molecule has 0 saturated carbocycles. The number of nitrogens with one attached hydrogen (secondary N) is 1. The van der Waals surface area contributed by atoms with Crippen molar-refractivity contribution in [2.24, 2.45) is 0 Å². The molecule has 1 unspecified atom stereocenters. The van der Waals surface area contributed by atoms with Gasteiger partial charge in [0, 0.05) is 10.6 Å². The number of halogens is 1. The Hall–Kier alpha value is -1.20. The van der Waals surface area contributed by atoms with Gasteiger partial charge in [-0.05, 0) is 36.6 Å². The Balaban J connectivity index is 2.69. The van der Waals surface area contributed by atoms with Crippen LogP contribution in [-0.4, -0.2) is 35.0 Å². The van der Waals surface area contributed by atoms with Gasteiger partial charge in [0.25, 0.3) is 5.91 Å². The topological polar surface area (TPSA) is 66.4 Å². The van der Waals surface area contributed by atoms with E-state index in [1.165, 1.54) is 17.8 Å². The van der Waals surface area contributed by atoms with E-state index in [1.54, 1.807) is 18.2 Å². The van der Waals surface area contributed by atoms with Crippen LogP contribution in [0.4, 0.5) is 0 Å². The van der Waals surface area contributed by atoms with Crippen LogP contribution < -0.4 is 5.32 Å². The fourth-order valence-electron chi connectivity index (χ4n) is 1.36. The number of rotatable bonds is 6. The van der Waals surface area contributed by atoms with Crippen LogP contribution >= 0.6 is 23.4 Å². The zero-order valence-corrected chi connectivity index (χ0v) is 11.4. The molecule has 98 valence electrons. The molecule has 0 heterocycles. The van der Waals surface area contributed by atoms with Crippen molar-refractivity contribution in [3.05, 3.63) is 34.9 Å². The quantitative estimate of drug-likeness (QED) is 0.842. The molecule has 1 aromatic rings. The highest BCUT2D eigenvalue weighted by Gasteiger charge is 2.20. The van der Waals surface area contributed by atoms with Gasteiger partial charge in [-0.2, -0.15) is 11.8 Å². The number of hydrogen-bond donors (Lipinski definition) is 2. The summed E-state index contributed by atoms with van der Waals surface area (Å²) in [6, 6.07) is 5.53. The molecule has 1 amide bonds. The van der Waals surface area contributed by atoms with E-state index in [9.17, 15) is 9.59 Å². The third-order valence-corrected chi connectivity index (χ3v) is 3.18. The molecule has 2 N–H and O–H groups in total. The SMILES string of the molecule is CSCCC(NC(=O)c1cccc(Cl)c1)C(=O)O. The van der Waals surface area contributed by atoms with Crippen LogP contribution in [-0.2, 0) is 4.79 Å². The number of carboxylic acid groups (broad SMARTS) is 1. The second-order valence-electron chi connectivity index (χ2n) is 3.66. The highest BCUT2D eigenvalue weighted by Crippen LogP contribution is 2.11. The molecule has 6 heteroatoms. The van der Waals surface area contributed by atoms with E-state index >= 15 is 0 Å². The molecule has 0 aliphatic carbocycles. The molecule has 1 aromatic carbocycles. The van der Waals surface area contributed by atoms with Gasteiger partial charge in [0.2, 0.25) is 0 Å². The fraction of sp³-hybridized carbons (Fsp3) is 0.333. The molecule has 0 saturated heterocycles. The van der Waals surface area contributed by atoms with Crippen molar-refractivity contribution in [1.29, 1.82) is 0 Å². The van der Waals surface area contributed by atoms with Gasteiger partial charge < -0.3 is 10.4 Å². The van der Waals surface area contributed by atoms with Gasteiger partial charge in [-0.3, -0.25) is 4.79 Å². The zero-order valence-electron chi connectivity index (χ0n) is 9.85. The van der Waals surface area contributed by atoms with Crippen molar-refractivity contribution in [3.63, 3.8) is 0 Å². The van der Waals surface area contributed by atoms with Crippen molar-refractivity contribution in [2.45, 2.75) is 12.5 Å². The Morgan fingerprint density at radius 3 is 2.78 bits per heavy atom. The smallest absolute Gasteiger partial charge is 0.326 e. The molecule has 1 atom stereocenters. The summed E-state index contributed by atoms with van der Waals surface area (Å²) in [6.45, 7) is 0. The average molecular weight is 288 g/mol. The van der Waals surface area contributed by atoms with Crippen molar-refractivity contribution in [2.75, 3.05) is 12.0 Å². The number of aliphatic carboxylic acids is 1. The molecular formula is C12H14ClNO3S. The zero-order chi connectivity index (χ0) is 13.5. The van der Waals surface area contributed by atoms with Gasteiger partial charge in [-0.15, -0.1) is 0 Å². The number of carboxylic acids is 1. The van der Waals surface area contributed by atoms with Gasteiger partial charge >= 0.3 is 5.97 Å². The third kappa shape index (κ3) is 4.58. The van der Waals surface area contributed by atoms with Crippen LogP contribution in [0, 0.1) is 0 Å².